The van der Waals surface area contributed by atoms with Crippen LogP contribution in [0.5, 0.6) is 0 Å². The average molecular weight is 452 g/mol. The van der Waals surface area contributed by atoms with Crippen molar-refractivity contribution in [3.8, 4) is 0 Å². The van der Waals surface area contributed by atoms with Crippen LogP contribution in [0, 0.1) is 11.3 Å². The van der Waals surface area contributed by atoms with Crippen molar-refractivity contribution in [1.29, 1.82) is 0 Å². The normalized spacial score (nSPS) is 31.4. The number of benzene rings is 2. The lowest BCUT2D eigenvalue weighted by molar-refractivity contribution is -0.171. The van der Waals surface area contributed by atoms with E-state index in [0.29, 0.717) is 26.1 Å². The third-order valence-electron chi connectivity index (χ3n) is 7.31. The first kappa shape index (κ1) is 22.7. The van der Waals surface area contributed by atoms with Crippen molar-refractivity contribution >= 4 is 26.3 Å². The highest BCUT2D eigenvalue weighted by Gasteiger charge is 2.66. The summed E-state index contributed by atoms with van der Waals surface area (Å²) in [6, 6.07) is 17.7. The minimum Gasteiger partial charge on any atom is -0.454 e. The number of esters is 2. The second kappa shape index (κ2) is 8.78. The number of rotatable bonds is 6. The number of hydrogen-bond acceptors (Lipinski definition) is 5. The van der Waals surface area contributed by atoms with Crippen molar-refractivity contribution in [2.24, 2.45) is 11.3 Å². The SMILES string of the molecule is CPC12CCC(C)(CC1C(C)=O)C(OC(=O)c1ccccc1)C2OC(=O)c1ccccc1. The first-order valence-electron chi connectivity index (χ1n) is 11.0. The van der Waals surface area contributed by atoms with Gasteiger partial charge in [0.05, 0.1) is 11.1 Å². The molecule has 0 amide bonds. The Morgan fingerprint density at radius 1 is 0.844 bits per heavy atom. The molecular weight excluding hydrogens is 423 g/mol. The topological polar surface area (TPSA) is 69.7 Å². The maximum Gasteiger partial charge on any atom is 0.338 e. The van der Waals surface area contributed by atoms with E-state index >= 15 is 0 Å². The molecule has 3 aliphatic rings. The molecule has 6 atom stereocenters. The van der Waals surface area contributed by atoms with Gasteiger partial charge in [0.1, 0.15) is 18.0 Å². The van der Waals surface area contributed by atoms with Gasteiger partial charge in [-0.15, -0.1) is 8.58 Å². The summed E-state index contributed by atoms with van der Waals surface area (Å²) in [6.45, 7) is 5.73. The zero-order valence-corrected chi connectivity index (χ0v) is 19.7. The summed E-state index contributed by atoms with van der Waals surface area (Å²) >= 11 is 0. The molecule has 0 spiro atoms. The molecule has 2 aromatic rings. The monoisotopic (exact) mass is 452 g/mol. The summed E-state index contributed by atoms with van der Waals surface area (Å²) in [6.07, 6.45) is 0.945. The summed E-state index contributed by atoms with van der Waals surface area (Å²) in [5, 5.41) is -0.518. The van der Waals surface area contributed by atoms with Crippen LogP contribution in [-0.2, 0) is 14.3 Å². The number of carbonyl (C=O) groups is 3. The van der Waals surface area contributed by atoms with E-state index in [1.165, 1.54) is 0 Å². The fourth-order valence-electron chi connectivity index (χ4n) is 5.49. The molecule has 2 bridgehead atoms. The Bertz CT molecular complexity index is 1010. The van der Waals surface area contributed by atoms with Gasteiger partial charge < -0.3 is 9.47 Å². The Hall–Kier alpha value is -2.52. The molecule has 0 aromatic heterocycles. The fourth-order valence-corrected chi connectivity index (χ4v) is 7.01. The number of ether oxygens (including phenoxy) is 2. The first-order chi connectivity index (χ1) is 15.3. The number of fused-ring (bicyclic) bond motifs is 3. The molecule has 0 N–H and O–H groups in total. The van der Waals surface area contributed by atoms with Gasteiger partial charge in [-0.3, -0.25) is 4.79 Å². The third-order valence-corrected chi connectivity index (χ3v) is 9.13. The maximum atomic E-state index is 13.1. The van der Waals surface area contributed by atoms with Crippen LogP contribution in [0.15, 0.2) is 60.7 Å². The molecule has 3 fully saturated rings. The predicted octanol–water partition coefficient (Wildman–Crippen LogP) is 4.89. The van der Waals surface area contributed by atoms with Crippen LogP contribution in [0.4, 0.5) is 0 Å². The van der Waals surface area contributed by atoms with E-state index in [0.717, 1.165) is 12.8 Å². The molecule has 6 heteroatoms. The minimum absolute atomic E-state index is 0.110. The summed E-state index contributed by atoms with van der Waals surface area (Å²) in [5.74, 6) is -0.991. The molecule has 3 aliphatic carbocycles. The molecule has 5 nitrogen and oxygen atoms in total. The van der Waals surface area contributed by atoms with Crippen LogP contribution in [0.3, 0.4) is 0 Å². The second-order valence-corrected chi connectivity index (χ2v) is 10.6. The van der Waals surface area contributed by atoms with Crippen molar-refractivity contribution in [2.75, 3.05) is 6.66 Å². The highest BCUT2D eigenvalue weighted by Crippen LogP contribution is 2.63. The van der Waals surface area contributed by atoms with Crippen molar-refractivity contribution < 1.29 is 23.9 Å². The van der Waals surface area contributed by atoms with Crippen LogP contribution < -0.4 is 0 Å². The molecule has 0 saturated heterocycles. The van der Waals surface area contributed by atoms with Gasteiger partial charge in [-0.1, -0.05) is 43.3 Å². The van der Waals surface area contributed by atoms with E-state index in [9.17, 15) is 14.4 Å². The van der Waals surface area contributed by atoms with Crippen molar-refractivity contribution in [3.63, 3.8) is 0 Å². The van der Waals surface area contributed by atoms with Gasteiger partial charge in [0, 0.05) is 16.5 Å². The van der Waals surface area contributed by atoms with E-state index in [2.05, 4.69) is 13.6 Å². The van der Waals surface area contributed by atoms with E-state index in [-0.39, 0.29) is 11.7 Å². The molecule has 6 unspecified atom stereocenters. The van der Waals surface area contributed by atoms with E-state index in [4.69, 9.17) is 9.47 Å². The summed E-state index contributed by atoms with van der Waals surface area (Å²) in [5.41, 5.74) is 0.465. The van der Waals surface area contributed by atoms with Gasteiger partial charge in [0.2, 0.25) is 0 Å². The number of Topliss-reactive ketones (excluding diaryl/α,β-unsaturated/α-hetero) is 1. The quantitative estimate of drug-likeness (QED) is 0.461. The zero-order valence-electron chi connectivity index (χ0n) is 18.7. The summed E-state index contributed by atoms with van der Waals surface area (Å²) in [4.78, 5) is 38.8. The Labute approximate surface area is 190 Å². The Balaban J connectivity index is 1.72. The van der Waals surface area contributed by atoms with Gasteiger partial charge >= 0.3 is 11.9 Å². The number of carbonyl (C=O) groups excluding carboxylic acids is 3. The molecule has 0 aliphatic heterocycles. The Kier molecular flexibility index (Phi) is 6.22. The van der Waals surface area contributed by atoms with E-state index in [1.54, 1.807) is 55.5 Å². The van der Waals surface area contributed by atoms with Crippen molar-refractivity contribution in [2.45, 2.75) is 50.5 Å². The van der Waals surface area contributed by atoms with Crippen LogP contribution in [0.2, 0.25) is 0 Å². The van der Waals surface area contributed by atoms with Crippen LogP contribution in [0.25, 0.3) is 0 Å². The molecule has 168 valence electrons. The lowest BCUT2D eigenvalue weighted by atomic mass is 9.53. The van der Waals surface area contributed by atoms with Crippen LogP contribution in [0.1, 0.15) is 53.8 Å². The van der Waals surface area contributed by atoms with Gasteiger partial charge in [-0.25, -0.2) is 9.59 Å². The van der Waals surface area contributed by atoms with Crippen molar-refractivity contribution in [3.05, 3.63) is 71.8 Å². The zero-order chi connectivity index (χ0) is 22.9. The fraction of sp³-hybridized carbons (Fsp3) is 0.423. The second-order valence-electron chi connectivity index (χ2n) is 9.20. The largest absolute Gasteiger partial charge is 0.454 e. The van der Waals surface area contributed by atoms with E-state index < -0.39 is 34.7 Å². The Morgan fingerprint density at radius 2 is 1.34 bits per heavy atom. The van der Waals surface area contributed by atoms with Gasteiger partial charge in [-0.2, -0.15) is 0 Å². The standard InChI is InChI=1S/C26H29O5P/c1-17(27)20-16-25(2)14-15-26(20,32-3)22(31-24(29)19-12-8-5-9-13-19)21(25)30-23(28)18-10-6-4-7-11-18/h4-13,20-22,32H,14-16H2,1-3H3. The summed E-state index contributed by atoms with van der Waals surface area (Å²) in [7, 11) is 0.372. The smallest absolute Gasteiger partial charge is 0.338 e. The lowest BCUT2D eigenvalue weighted by Crippen LogP contribution is -2.69. The molecule has 3 saturated carbocycles. The van der Waals surface area contributed by atoms with Gasteiger partial charge in [0.25, 0.3) is 0 Å². The molecule has 0 heterocycles. The average Bonchev–Trinajstić information content (AvgIpc) is 2.82. The highest BCUT2D eigenvalue weighted by molar-refractivity contribution is 7.39. The number of ketones is 1. The van der Waals surface area contributed by atoms with Crippen LogP contribution >= 0.6 is 8.58 Å². The first-order valence-corrected chi connectivity index (χ1v) is 12.5. The lowest BCUT2D eigenvalue weighted by Gasteiger charge is -2.62. The molecule has 32 heavy (non-hydrogen) atoms. The molecule has 2 aromatic carbocycles. The van der Waals surface area contributed by atoms with E-state index in [1.807, 2.05) is 12.1 Å². The summed E-state index contributed by atoms with van der Waals surface area (Å²) < 4.78 is 12.2. The Morgan fingerprint density at radius 3 is 1.81 bits per heavy atom. The third kappa shape index (κ3) is 3.88. The molecule has 5 rings (SSSR count). The van der Waals surface area contributed by atoms with Gasteiger partial charge in [0.15, 0.2) is 0 Å². The minimum atomic E-state index is -0.674. The number of hydrogen-bond donors (Lipinski definition) is 0. The molecule has 0 radical (unpaired) electrons. The molecular formula is C26H29O5P. The maximum absolute atomic E-state index is 13.1. The highest BCUT2D eigenvalue weighted by atomic mass is 31.1. The predicted molar refractivity (Wildman–Crippen MR) is 124 cm³/mol. The van der Waals surface area contributed by atoms with Crippen molar-refractivity contribution in [1.82, 2.24) is 0 Å². The van der Waals surface area contributed by atoms with Gasteiger partial charge in [-0.05, 0) is 57.1 Å². The van der Waals surface area contributed by atoms with Crippen LogP contribution in [-0.4, -0.2) is 41.8 Å².